The molecule has 0 heterocycles. The minimum atomic E-state index is -0.125. The second kappa shape index (κ2) is 6.36. The van der Waals surface area contributed by atoms with E-state index in [0.717, 1.165) is 16.0 Å². The molecule has 3 heteroatoms. The van der Waals surface area contributed by atoms with Gasteiger partial charge in [-0.05, 0) is 43.4 Å². The summed E-state index contributed by atoms with van der Waals surface area (Å²) in [4.78, 5) is 0. The molecule has 0 saturated heterocycles. The number of hydrogen-bond donors (Lipinski definition) is 1. The molecule has 4 unspecified atom stereocenters. The van der Waals surface area contributed by atoms with Gasteiger partial charge in [-0.1, -0.05) is 42.6 Å². The molecule has 0 spiro atoms. The Bertz CT molecular complexity index is 435. The quantitative estimate of drug-likeness (QED) is 0.817. The highest BCUT2D eigenvalue weighted by atomic mass is 79.9. The van der Waals surface area contributed by atoms with E-state index in [1.165, 1.54) is 25.3 Å². The Morgan fingerprint density at radius 3 is 2.79 bits per heavy atom. The van der Waals surface area contributed by atoms with Gasteiger partial charge in [-0.3, -0.25) is 0 Å². The van der Waals surface area contributed by atoms with Crippen molar-refractivity contribution in [3.05, 3.63) is 34.1 Å². The summed E-state index contributed by atoms with van der Waals surface area (Å²) in [6.07, 6.45) is 3.79. The molecular formula is C16H23BrFN. The normalized spacial score (nSPS) is 29.2. The molecule has 1 N–H and O–H groups in total. The molecule has 19 heavy (non-hydrogen) atoms. The molecule has 106 valence electrons. The lowest BCUT2D eigenvalue weighted by molar-refractivity contribution is 0.195. The highest BCUT2D eigenvalue weighted by molar-refractivity contribution is 9.10. The number of nitrogens with one attached hydrogen (secondary N) is 1. The van der Waals surface area contributed by atoms with Crippen molar-refractivity contribution in [1.29, 1.82) is 0 Å². The van der Waals surface area contributed by atoms with Gasteiger partial charge in [0.15, 0.2) is 0 Å². The molecule has 0 radical (unpaired) electrons. The summed E-state index contributed by atoms with van der Waals surface area (Å²) in [7, 11) is 0. The first kappa shape index (κ1) is 15.0. The average molecular weight is 328 g/mol. The Labute approximate surface area is 124 Å². The number of rotatable bonds is 3. The van der Waals surface area contributed by atoms with Gasteiger partial charge in [0.2, 0.25) is 0 Å². The third-order valence-electron chi connectivity index (χ3n) is 4.60. The van der Waals surface area contributed by atoms with E-state index in [0.29, 0.717) is 12.0 Å². The Kier molecular flexibility index (Phi) is 5.02. The van der Waals surface area contributed by atoms with Crippen molar-refractivity contribution in [2.24, 2.45) is 11.8 Å². The molecule has 1 aromatic carbocycles. The molecule has 2 rings (SSSR count). The first-order valence-corrected chi connectivity index (χ1v) is 7.99. The summed E-state index contributed by atoms with van der Waals surface area (Å²) in [5.41, 5.74) is 0.750. The van der Waals surface area contributed by atoms with Gasteiger partial charge in [-0.2, -0.15) is 0 Å². The number of hydrogen-bond acceptors (Lipinski definition) is 1. The molecule has 1 fully saturated rings. The summed E-state index contributed by atoms with van der Waals surface area (Å²) < 4.78 is 14.8. The lowest BCUT2D eigenvalue weighted by Gasteiger charge is -2.36. The summed E-state index contributed by atoms with van der Waals surface area (Å²) in [6.45, 7) is 6.69. The minimum absolute atomic E-state index is 0.0512. The van der Waals surface area contributed by atoms with Gasteiger partial charge < -0.3 is 5.32 Å². The van der Waals surface area contributed by atoms with Crippen LogP contribution in [0.1, 0.15) is 51.6 Å². The monoisotopic (exact) mass is 327 g/mol. The molecule has 1 aliphatic carbocycles. The van der Waals surface area contributed by atoms with Gasteiger partial charge in [-0.25, -0.2) is 4.39 Å². The van der Waals surface area contributed by atoms with Crippen molar-refractivity contribution in [3.8, 4) is 0 Å². The Hall–Kier alpha value is -0.410. The summed E-state index contributed by atoms with van der Waals surface area (Å²) in [5.74, 6) is 1.29. The minimum Gasteiger partial charge on any atom is -0.307 e. The van der Waals surface area contributed by atoms with E-state index in [1.54, 1.807) is 6.07 Å². The third-order valence-corrected chi connectivity index (χ3v) is 5.09. The largest absolute Gasteiger partial charge is 0.307 e. The van der Waals surface area contributed by atoms with Crippen molar-refractivity contribution in [2.75, 3.05) is 0 Å². The van der Waals surface area contributed by atoms with Crippen molar-refractivity contribution < 1.29 is 4.39 Å². The fourth-order valence-electron chi connectivity index (χ4n) is 3.07. The Balaban J connectivity index is 2.08. The molecule has 1 nitrogen and oxygen atoms in total. The predicted molar refractivity (Wildman–Crippen MR) is 81.6 cm³/mol. The predicted octanol–water partition coefficient (Wildman–Crippen LogP) is 5.06. The lowest BCUT2D eigenvalue weighted by atomic mass is 9.77. The maximum absolute atomic E-state index is 13.9. The molecule has 0 amide bonds. The molecular weight excluding hydrogens is 305 g/mol. The zero-order valence-electron chi connectivity index (χ0n) is 11.9. The first-order valence-electron chi connectivity index (χ1n) is 7.20. The molecule has 4 atom stereocenters. The molecule has 0 bridgehead atoms. The second-order valence-electron chi connectivity index (χ2n) is 5.93. The van der Waals surface area contributed by atoms with Crippen LogP contribution in [0.15, 0.2) is 22.7 Å². The van der Waals surface area contributed by atoms with Crippen LogP contribution >= 0.6 is 15.9 Å². The van der Waals surface area contributed by atoms with E-state index in [2.05, 4.69) is 42.0 Å². The van der Waals surface area contributed by atoms with E-state index < -0.39 is 0 Å². The zero-order chi connectivity index (χ0) is 14.0. The highest BCUT2D eigenvalue weighted by Gasteiger charge is 2.28. The SMILES string of the molecule is CC(NC1CCCC(C)C1C)c1cc(Br)ccc1F. The van der Waals surface area contributed by atoms with Crippen LogP contribution in [-0.4, -0.2) is 6.04 Å². The summed E-state index contributed by atoms with van der Waals surface area (Å²) in [5, 5.41) is 3.62. The topological polar surface area (TPSA) is 12.0 Å². The molecule has 1 aromatic rings. The van der Waals surface area contributed by atoms with Crippen LogP contribution in [0.5, 0.6) is 0 Å². The fraction of sp³-hybridized carbons (Fsp3) is 0.625. The summed E-state index contributed by atoms with van der Waals surface area (Å²) in [6, 6.07) is 5.71. The van der Waals surface area contributed by atoms with Crippen LogP contribution in [0.2, 0.25) is 0 Å². The van der Waals surface area contributed by atoms with Crippen molar-refractivity contribution >= 4 is 15.9 Å². The van der Waals surface area contributed by atoms with Crippen LogP contribution < -0.4 is 5.32 Å². The summed E-state index contributed by atoms with van der Waals surface area (Å²) >= 11 is 3.42. The van der Waals surface area contributed by atoms with Gasteiger partial charge in [0, 0.05) is 22.1 Å². The maximum atomic E-state index is 13.9. The lowest BCUT2D eigenvalue weighted by Crippen LogP contribution is -2.41. The van der Waals surface area contributed by atoms with E-state index in [9.17, 15) is 4.39 Å². The van der Waals surface area contributed by atoms with E-state index in [1.807, 2.05) is 6.07 Å². The highest BCUT2D eigenvalue weighted by Crippen LogP contribution is 2.31. The molecule has 0 aliphatic heterocycles. The Morgan fingerprint density at radius 2 is 2.05 bits per heavy atom. The van der Waals surface area contributed by atoms with Crippen LogP contribution in [0.4, 0.5) is 4.39 Å². The third kappa shape index (κ3) is 3.57. The standard InChI is InChI=1S/C16H23BrFN/c1-10-5-4-6-16(11(10)2)19-12(3)14-9-13(17)7-8-15(14)18/h7-12,16,19H,4-6H2,1-3H3. The van der Waals surface area contributed by atoms with Crippen LogP contribution in [0.3, 0.4) is 0 Å². The van der Waals surface area contributed by atoms with Crippen molar-refractivity contribution in [2.45, 2.75) is 52.1 Å². The average Bonchev–Trinajstić information content (AvgIpc) is 2.38. The first-order chi connectivity index (χ1) is 8.99. The molecule has 1 saturated carbocycles. The number of halogens is 2. The van der Waals surface area contributed by atoms with Crippen LogP contribution in [0.25, 0.3) is 0 Å². The fourth-order valence-corrected chi connectivity index (χ4v) is 3.45. The van der Waals surface area contributed by atoms with Gasteiger partial charge >= 0.3 is 0 Å². The smallest absolute Gasteiger partial charge is 0.128 e. The van der Waals surface area contributed by atoms with Gasteiger partial charge in [0.05, 0.1) is 0 Å². The zero-order valence-corrected chi connectivity index (χ0v) is 13.5. The van der Waals surface area contributed by atoms with Crippen molar-refractivity contribution in [1.82, 2.24) is 5.32 Å². The van der Waals surface area contributed by atoms with Crippen molar-refractivity contribution in [3.63, 3.8) is 0 Å². The van der Waals surface area contributed by atoms with E-state index in [-0.39, 0.29) is 11.9 Å². The maximum Gasteiger partial charge on any atom is 0.128 e. The van der Waals surface area contributed by atoms with Crippen LogP contribution in [-0.2, 0) is 0 Å². The second-order valence-corrected chi connectivity index (χ2v) is 6.84. The molecule has 0 aromatic heterocycles. The van der Waals surface area contributed by atoms with E-state index >= 15 is 0 Å². The van der Waals surface area contributed by atoms with Crippen LogP contribution in [0, 0.1) is 17.7 Å². The molecule has 1 aliphatic rings. The van der Waals surface area contributed by atoms with Gasteiger partial charge in [0.25, 0.3) is 0 Å². The Morgan fingerprint density at radius 1 is 1.32 bits per heavy atom. The van der Waals surface area contributed by atoms with Gasteiger partial charge in [-0.15, -0.1) is 0 Å². The van der Waals surface area contributed by atoms with Gasteiger partial charge in [0.1, 0.15) is 5.82 Å². The van der Waals surface area contributed by atoms with E-state index in [4.69, 9.17) is 0 Å². The number of benzene rings is 1.